The highest BCUT2D eigenvalue weighted by molar-refractivity contribution is 8.14. The van der Waals surface area contributed by atoms with E-state index < -0.39 is 0 Å². The second kappa shape index (κ2) is 14.0. The largest absolute Gasteiger partial charge is 0.383 e. The number of aryl methyl sites for hydroxylation is 3. The Bertz CT molecular complexity index is 1320. The van der Waals surface area contributed by atoms with E-state index in [1.165, 1.54) is 40.8 Å². The Balaban J connectivity index is 0.00000253. The number of hydrogen-bond donors (Lipinski definition) is 1. The molecule has 4 rings (SSSR count). The number of rotatable bonds is 7. The summed E-state index contributed by atoms with van der Waals surface area (Å²) in [6, 6.07) is 18.1. The van der Waals surface area contributed by atoms with E-state index in [1.54, 1.807) is 30.1 Å². The first-order chi connectivity index (χ1) is 17.4. The quantitative estimate of drug-likeness (QED) is 0.219. The van der Waals surface area contributed by atoms with Crippen LogP contribution in [0, 0.1) is 20.8 Å². The summed E-state index contributed by atoms with van der Waals surface area (Å²) in [6.45, 7) is 7.31. The Kier molecular flexibility index (Phi) is 11.1. The summed E-state index contributed by atoms with van der Waals surface area (Å²) in [7, 11) is 0. The highest BCUT2D eigenvalue weighted by Gasteiger charge is 2.24. The SMILES string of the molecule is Cc1cc(C)c(N2CCS/C2=N\N=C\c2ccc(C(N)=NC=Nc3ccc(OF)cc3)cc2)c(C)c1.F.F. The van der Waals surface area contributed by atoms with Crippen molar-refractivity contribution in [3.05, 3.63) is 88.5 Å². The van der Waals surface area contributed by atoms with Crippen LogP contribution in [-0.4, -0.2) is 35.9 Å². The van der Waals surface area contributed by atoms with Crippen LogP contribution in [0.15, 0.2) is 80.9 Å². The monoisotopic (exact) mass is 542 g/mol. The third kappa shape index (κ3) is 7.45. The molecule has 1 heterocycles. The molecule has 11 heteroatoms. The maximum absolute atomic E-state index is 12.1. The lowest BCUT2D eigenvalue weighted by atomic mass is 10.0. The molecule has 0 saturated carbocycles. The van der Waals surface area contributed by atoms with E-state index >= 15 is 0 Å². The van der Waals surface area contributed by atoms with Crippen LogP contribution in [0.5, 0.6) is 5.75 Å². The van der Waals surface area contributed by atoms with E-state index in [-0.39, 0.29) is 15.2 Å². The topological polar surface area (TPSA) is 87.9 Å². The van der Waals surface area contributed by atoms with Crippen molar-refractivity contribution in [1.29, 1.82) is 0 Å². The van der Waals surface area contributed by atoms with E-state index in [4.69, 9.17) is 5.73 Å². The molecule has 0 amide bonds. The van der Waals surface area contributed by atoms with Gasteiger partial charge in [0.15, 0.2) is 10.9 Å². The van der Waals surface area contributed by atoms with Gasteiger partial charge in [-0.15, -0.1) is 5.10 Å². The molecule has 2 N–H and O–H groups in total. The van der Waals surface area contributed by atoms with Gasteiger partial charge in [-0.05, 0) is 61.7 Å². The summed E-state index contributed by atoms with van der Waals surface area (Å²) in [4.78, 5) is 14.2. The predicted molar refractivity (Wildman–Crippen MR) is 154 cm³/mol. The Labute approximate surface area is 223 Å². The van der Waals surface area contributed by atoms with Crippen molar-refractivity contribution >= 4 is 46.7 Å². The first-order valence-corrected chi connectivity index (χ1v) is 12.4. The summed E-state index contributed by atoms with van der Waals surface area (Å²) in [5.74, 6) is 1.42. The van der Waals surface area contributed by atoms with Crippen molar-refractivity contribution < 1.29 is 18.9 Å². The zero-order valence-corrected chi connectivity index (χ0v) is 22.0. The molecular formula is C27H29F3N6OS. The lowest BCUT2D eigenvalue weighted by molar-refractivity contribution is -0.00618. The molecule has 200 valence electrons. The van der Waals surface area contributed by atoms with Crippen LogP contribution in [0.2, 0.25) is 0 Å². The van der Waals surface area contributed by atoms with Crippen LogP contribution in [0.1, 0.15) is 27.8 Å². The number of thioether (sulfide) groups is 1. The number of anilines is 1. The molecule has 0 unspecified atom stereocenters. The van der Waals surface area contributed by atoms with E-state index in [1.807, 2.05) is 24.3 Å². The number of hydrogen-bond acceptors (Lipinski definition) is 5. The smallest absolute Gasteiger partial charge is 0.190 e. The molecule has 1 aliphatic rings. The number of halogens is 3. The highest BCUT2D eigenvalue weighted by atomic mass is 32.2. The zero-order chi connectivity index (χ0) is 25.5. The highest BCUT2D eigenvalue weighted by Crippen LogP contribution is 2.32. The minimum Gasteiger partial charge on any atom is -0.383 e. The summed E-state index contributed by atoms with van der Waals surface area (Å²) in [5, 5.41) is 9.73. The van der Waals surface area contributed by atoms with Gasteiger partial charge in [0, 0.05) is 28.1 Å². The molecule has 7 nitrogen and oxygen atoms in total. The van der Waals surface area contributed by atoms with Crippen LogP contribution in [0.3, 0.4) is 0 Å². The average molecular weight is 543 g/mol. The maximum atomic E-state index is 12.1. The Morgan fingerprint density at radius 3 is 2.29 bits per heavy atom. The van der Waals surface area contributed by atoms with Crippen LogP contribution in [-0.2, 0) is 0 Å². The van der Waals surface area contributed by atoms with Gasteiger partial charge in [-0.2, -0.15) is 5.10 Å². The fourth-order valence-corrected chi connectivity index (χ4v) is 4.89. The summed E-state index contributed by atoms with van der Waals surface area (Å²) >= 11 is 1.71. The third-order valence-corrected chi connectivity index (χ3v) is 6.52. The van der Waals surface area contributed by atoms with Crippen molar-refractivity contribution in [2.24, 2.45) is 25.9 Å². The van der Waals surface area contributed by atoms with E-state index in [2.05, 4.69) is 62.9 Å². The summed E-state index contributed by atoms with van der Waals surface area (Å²) in [5.41, 5.74) is 13.3. The maximum Gasteiger partial charge on any atom is 0.190 e. The van der Waals surface area contributed by atoms with Gasteiger partial charge in [0.1, 0.15) is 12.2 Å². The van der Waals surface area contributed by atoms with Crippen LogP contribution >= 0.6 is 11.8 Å². The van der Waals surface area contributed by atoms with Gasteiger partial charge in [-0.25, -0.2) is 9.98 Å². The third-order valence-electron chi connectivity index (χ3n) is 5.57. The number of benzene rings is 3. The summed E-state index contributed by atoms with van der Waals surface area (Å²) < 4.78 is 12.1. The number of nitrogens with zero attached hydrogens (tertiary/aromatic N) is 5. The molecule has 0 aromatic heterocycles. The molecule has 0 radical (unpaired) electrons. The number of nitrogens with two attached hydrogens (primary N) is 1. The second-order valence-corrected chi connectivity index (χ2v) is 9.39. The van der Waals surface area contributed by atoms with Crippen molar-refractivity contribution in [3.8, 4) is 5.75 Å². The van der Waals surface area contributed by atoms with E-state index in [0.717, 1.165) is 28.6 Å². The lowest BCUT2D eigenvalue weighted by Crippen LogP contribution is -2.25. The van der Waals surface area contributed by atoms with E-state index in [0.29, 0.717) is 11.5 Å². The van der Waals surface area contributed by atoms with Crippen molar-refractivity contribution in [3.63, 3.8) is 0 Å². The van der Waals surface area contributed by atoms with Crippen molar-refractivity contribution in [2.45, 2.75) is 20.8 Å². The minimum atomic E-state index is 0. The van der Waals surface area contributed by atoms with Gasteiger partial charge >= 0.3 is 0 Å². The molecule has 0 spiro atoms. The molecule has 0 bridgehead atoms. The molecule has 3 aromatic rings. The number of amidine groups is 2. The van der Waals surface area contributed by atoms with Gasteiger partial charge in [-0.3, -0.25) is 14.4 Å². The van der Waals surface area contributed by atoms with Gasteiger partial charge in [-0.1, -0.05) is 53.7 Å². The predicted octanol–water partition coefficient (Wildman–Crippen LogP) is 6.19. The lowest BCUT2D eigenvalue weighted by Gasteiger charge is -2.22. The first kappa shape index (κ1) is 30.1. The fraction of sp³-hybridized carbons (Fsp3) is 0.185. The molecular weight excluding hydrogens is 513 g/mol. The molecule has 1 fully saturated rings. The molecule has 0 aliphatic carbocycles. The molecule has 1 aliphatic heterocycles. The van der Waals surface area contributed by atoms with Gasteiger partial charge < -0.3 is 10.6 Å². The fourth-order valence-electron chi connectivity index (χ4n) is 3.99. The zero-order valence-electron chi connectivity index (χ0n) is 21.2. The van der Waals surface area contributed by atoms with Gasteiger partial charge in [0.05, 0.1) is 11.9 Å². The summed E-state index contributed by atoms with van der Waals surface area (Å²) in [6.07, 6.45) is 3.08. The molecule has 38 heavy (non-hydrogen) atoms. The molecule has 1 saturated heterocycles. The van der Waals surface area contributed by atoms with E-state index in [9.17, 15) is 4.53 Å². The standard InChI is InChI=1S/C27H27FN6OS.2FH/c1-18-14-19(2)25(20(3)15-18)34-12-13-36-27(34)33-32-16-21-4-6-22(7-5-21)26(29)31-17-30-23-8-10-24(35-28)11-9-23;;/h4-11,14-17H,12-13H2,1-3H3,(H2,29,30,31);2*1H/b32-16+,33-27-;;. The first-order valence-electron chi connectivity index (χ1n) is 11.4. The normalized spacial score (nSPS) is 14.7. The molecule has 3 aromatic carbocycles. The van der Waals surface area contributed by atoms with Crippen molar-refractivity contribution in [1.82, 2.24) is 0 Å². The van der Waals surface area contributed by atoms with Gasteiger partial charge in [0.2, 0.25) is 0 Å². The second-order valence-electron chi connectivity index (χ2n) is 8.33. The van der Waals surface area contributed by atoms with Crippen LogP contribution in [0.25, 0.3) is 0 Å². The average Bonchev–Trinajstić information content (AvgIpc) is 3.32. The Hall–Kier alpha value is -4.12. The number of aliphatic imine (C=N–C) groups is 2. The van der Waals surface area contributed by atoms with Gasteiger partial charge in [0.25, 0.3) is 0 Å². The van der Waals surface area contributed by atoms with Crippen LogP contribution in [0.4, 0.5) is 25.3 Å². The minimum absolute atomic E-state index is 0. The Morgan fingerprint density at radius 1 is 1.00 bits per heavy atom. The van der Waals surface area contributed by atoms with Crippen molar-refractivity contribution in [2.75, 3.05) is 17.2 Å². The molecule has 0 atom stereocenters. The van der Waals surface area contributed by atoms with Crippen LogP contribution < -0.4 is 15.6 Å². The Morgan fingerprint density at radius 2 is 1.66 bits per heavy atom.